The quantitative estimate of drug-likeness (QED) is 0.431. The zero-order valence-corrected chi connectivity index (χ0v) is 22.9. The molecular weight excluding hydrogens is 517 g/mol. The highest BCUT2D eigenvalue weighted by Crippen LogP contribution is 2.22. The zero-order valence-electron chi connectivity index (χ0n) is 21.3. The summed E-state index contributed by atoms with van der Waals surface area (Å²) in [6, 6.07) is 11.8. The van der Waals surface area contributed by atoms with Gasteiger partial charge >= 0.3 is 0 Å². The topological polar surface area (TPSA) is 86.8 Å². The van der Waals surface area contributed by atoms with Crippen molar-refractivity contribution < 1.29 is 22.4 Å². The fourth-order valence-corrected chi connectivity index (χ4v) is 5.66. The van der Waals surface area contributed by atoms with Crippen LogP contribution in [0.2, 0.25) is 5.02 Å². The van der Waals surface area contributed by atoms with Crippen LogP contribution in [0, 0.1) is 5.82 Å². The van der Waals surface area contributed by atoms with Crippen molar-refractivity contribution in [3.05, 3.63) is 64.9 Å². The Morgan fingerprint density at radius 2 is 1.73 bits per heavy atom. The van der Waals surface area contributed by atoms with E-state index in [1.807, 2.05) is 0 Å². The van der Waals surface area contributed by atoms with Crippen molar-refractivity contribution in [1.29, 1.82) is 0 Å². The number of carbonyl (C=O) groups excluding carboxylic acids is 2. The molecule has 1 saturated carbocycles. The van der Waals surface area contributed by atoms with Crippen LogP contribution in [0.4, 0.5) is 10.1 Å². The molecule has 1 atom stereocenters. The molecule has 10 heteroatoms. The number of sulfonamides is 1. The number of hydrogen-bond acceptors (Lipinski definition) is 4. The number of amides is 2. The molecule has 0 aliphatic heterocycles. The van der Waals surface area contributed by atoms with E-state index in [4.69, 9.17) is 11.6 Å². The molecule has 37 heavy (non-hydrogen) atoms. The molecule has 7 nitrogen and oxygen atoms in total. The van der Waals surface area contributed by atoms with Gasteiger partial charge in [-0.3, -0.25) is 13.9 Å². The van der Waals surface area contributed by atoms with Crippen molar-refractivity contribution >= 4 is 39.1 Å². The monoisotopic (exact) mass is 551 g/mol. The van der Waals surface area contributed by atoms with Crippen molar-refractivity contribution in [3.8, 4) is 0 Å². The third-order valence-electron chi connectivity index (χ3n) is 6.68. The molecule has 0 spiro atoms. The highest BCUT2D eigenvalue weighted by molar-refractivity contribution is 7.92. The van der Waals surface area contributed by atoms with Crippen LogP contribution in [0.3, 0.4) is 0 Å². The van der Waals surface area contributed by atoms with E-state index in [9.17, 15) is 22.4 Å². The maximum atomic E-state index is 14.4. The molecule has 0 saturated heterocycles. The number of hydrogen-bond donors (Lipinski definition) is 1. The van der Waals surface area contributed by atoms with E-state index in [1.165, 1.54) is 15.3 Å². The summed E-state index contributed by atoms with van der Waals surface area (Å²) in [4.78, 5) is 27.8. The molecule has 0 aromatic heterocycles. The molecule has 1 N–H and O–H groups in total. The third kappa shape index (κ3) is 8.43. The van der Waals surface area contributed by atoms with Gasteiger partial charge in [-0.15, -0.1) is 0 Å². The molecule has 202 valence electrons. The van der Waals surface area contributed by atoms with Crippen LogP contribution in [0.5, 0.6) is 0 Å². The molecule has 1 aliphatic rings. The van der Waals surface area contributed by atoms with Crippen LogP contribution in [0.25, 0.3) is 0 Å². The molecule has 2 amide bonds. The Kier molecular flexibility index (Phi) is 10.3. The van der Waals surface area contributed by atoms with Crippen LogP contribution < -0.4 is 9.62 Å². The highest BCUT2D eigenvalue weighted by atomic mass is 35.5. The summed E-state index contributed by atoms with van der Waals surface area (Å²) in [5.74, 6) is -1.07. The van der Waals surface area contributed by atoms with E-state index in [0.717, 1.165) is 38.4 Å². The second-order valence-corrected chi connectivity index (χ2v) is 11.9. The third-order valence-corrected chi connectivity index (χ3v) is 8.13. The van der Waals surface area contributed by atoms with E-state index >= 15 is 0 Å². The van der Waals surface area contributed by atoms with Crippen LogP contribution in [0.1, 0.15) is 57.4 Å². The van der Waals surface area contributed by atoms with Gasteiger partial charge in [0.1, 0.15) is 11.9 Å². The molecule has 1 aliphatic carbocycles. The number of anilines is 1. The first-order valence-corrected chi connectivity index (χ1v) is 14.9. The first-order chi connectivity index (χ1) is 17.6. The van der Waals surface area contributed by atoms with Gasteiger partial charge in [-0.2, -0.15) is 0 Å². The predicted molar refractivity (Wildman–Crippen MR) is 144 cm³/mol. The number of carbonyl (C=O) groups is 2. The molecule has 0 radical (unpaired) electrons. The van der Waals surface area contributed by atoms with Crippen LogP contribution >= 0.6 is 11.6 Å². The zero-order chi connectivity index (χ0) is 27.0. The van der Waals surface area contributed by atoms with Crippen LogP contribution in [-0.4, -0.2) is 50.0 Å². The van der Waals surface area contributed by atoms with E-state index < -0.39 is 21.9 Å². The first-order valence-electron chi connectivity index (χ1n) is 12.6. The largest absolute Gasteiger partial charge is 0.352 e. The predicted octanol–water partition coefficient (Wildman–Crippen LogP) is 4.89. The normalized spacial score (nSPS) is 15.1. The van der Waals surface area contributed by atoms with Gasteiger partial charge in [0.25, 0.3) is 0 Å². The summed E-state index contributed by atoms with van der Waals surface area (Å²) in [6.45, 7) is 1.66. The summed E-state index contributed by atoms with van der Waals surface area (Å²) in [7, 11) is -3.60. The second-order valence-electron chi connectivity index (χ2n) is 9.55. The Morgan fingerprint density at radius 3 is 2.35 bits per heavy atom. The lowest BCUT2D eigenvalue weighted by Gasteiger charge is -2.31. The average Bonchev–Trinajstić information content (AvgIpc) is 2.86. The first kappa shape index (κ1) is 28.9. The van der Waals surface area contributed by atoms with Gasteiger partial charge in [-0.25, -0.2) is 12.8 Å². The maximum absolute atomic E-state index is 14.4. The lowest BCUT2D eigenvalue weighted by molar-refractivity contribution is -0.141. The summed E-state index contributed by atoms with van der Waals surface area (Å²) in [5, 5.41) is 3.53. The minimum Gasteiger partial charge on any atom is -0.352 e. The van der Waals surface area contributed by atoms with E-state index in [0.29, 0.717) is 16.3 Å². The molecule has 2 aromatic carbocycles. The lowest BCUT2D eigenvalue weighted by atomic mass is 9.95. The molecule has 0 heterocycles. The summed E-state index contributed by atoms with van der Waals surface area (Å²) >= 11 is 5.93. The number of nitrogens with zero attached hydrogens (tertiary/aromatic N) is 2. The number of benzene rings is 2. The highest BCUT2D eigenvalue weighted by Gasteiger charge is 2.29. The van der Waals surface area contributed by atoms with E-state index in [1.54, 1.807) is 49.4 Å². The smallest absolute Gasteiger partial charge is 0.242 e. The molecule has 3 rings (SSSR count). The van der Waals surface area contributed by atoms with Crippen molar-refractivity contribution in [2.45, 2.75) is 70.5 Å². The molecular formula is C27H35ClFN3O4S. The SMILES string of the molecule is C[C@H](C(=O)NC1CCCCC1)N(Cc1ccccc1F)C(=O)CCCN(c1ccc(Cl)cc1)S(C)(=O)=O. The maximum Gasteiger partial charge on any atom is 0.242 e. The fraction of sp³-hybridized carbons (Fsp3) is 0.481. The summed E-state index contributed by atoms with van der Waals surface area (Å²) in [5.41, 5.74) is 0.759. The van der Waals surface area contributed by atoms with E-state index in [2.05, 4.69) is 5.32 Å². The molecule has 0 unspecified atom stereocenters. The van der Waals surface area contributed by atoms with Crippen molar-refractivity contribution in [1.82, 2.24) is 10.2 Å². The lowest BCUT2D eigenvalue weighted by Crippen LogP contribution is -2.50. The molecule has 2 aromatic rings. The molecule has 0 bridgehead atoms. The second kappa shape index (κ2) is 13.2. The van der Waals surface area contributed by atoms with Crippen LogP contribution in [0.15, 0.2) is 48.5 Å². The Hall–Kier alpha value is -2.65. The summed E-state index contributed by atoms with van der Waals surface area (Å²) < 4.78 is 40.4. The van der Waals surface area contributed by atoms with E-state index in [-0.39, 0.29) is 43.8 Å². The van der Waals surface area contributed by atoms with Crippen LogP contribution in [-0.2, 0) is 26.2 Å². The Balaban J connectivity index is 1.72. The van der Waals surface area contributed by atoms with Crippen molar-refractivity contribution in [3.63, 3.8) is 0 Å². The van der Waals surface area contributed by atoms with Gasteiger partial charge in [-0.05, 0) is 56.5 Å². The Bertz CT molecular complexity index is 1170. The standard InChI is InChI=1S/C27H35ClFN3O4S/c1-20(27(34)30-23-10-4-3-5-11-23)31(19-21-9-6-7-12-25(21)29)26(33)13-8-18-32(37(2,35)36)24-16-14-22(28)15-17-24/h6-7,9,12,14-17,20,23H,3-5,8,10-11,13,18-19H2,1-2H3,(H,30,34)/t20-/m1/s1. The van der Waals surface area contributed by atoms with Gasteiger partial charge in [0.15, 0.2) is 0 Å². The minimum absolute atomic E-state index is 0.00485. The number of nitrogens with one attached hydrogen (secondary N) is 1. The van der Waals surface area contributed by atoms with Gasteiger partial charge in [0, 0.05) is 36.1 Å². The Morgan fingerprint density at radius 1 is 1.08 bits per heavy atom. The number of halogens is 2. The average molecular weight is 552 g/mol. The summed E-state index contributed by atoms with van der Waals surface area (Å²) in [6.07, 6.45) is 6.40. The van der Waals surface area contributed by atoms with Gasteiger partial charge in [0.05, 0.1) is 11.9 Å². The van der Waals surface area contributed by atoms with Crippen molar-refractivity contribution in [2.75, 3.05) is 17.1 Å². The van der Waals surface area contributed by atoms with Gasteiger partial charge in [-0.1, -0.05) is 49.1 Å². The van der Waals surface area contributed by atoms with Gasteiger partial charge < -0.3 is 10.2 Å². The van der Waals surface area contributed by atoms with Gasteiger partial charge in [0.2, 0.25) is 21.8 Å². The number of rotatable bonds is 11. The fourth-order valence-electron chi connectivity index (χ4n) is 4.57. The Labute approximate surface area is 224 Å². The molecule has 1 fully saturated rings. The minimum atomic E-state index is -3.60. The van der Waals surface area contributed by atoms with Crippen molar-refractivity contribution in [2.24, 2.45) is 0 Å².